The zero-order chi connectivity index (χ0) is 45.9. The third kappa shape index (κ3) is 5.86. The van der Waals surface area contributed by atoms with Crippen LogP contribution in [0.5, 0.6) is 0 Å². The van der Waals surface area contributed by atoms with E-state index in [1.54, 1.807) is 0 Å². The monoisotopic (exact) mass is 906 g/mol. The maximum atomic E-state index is 5.59. The maximum absolute atomic E-state index is 5.59. The van der Waals surface area contributed by atoms with Gasteiger partial charge in [0.1, 0.15) is 0 Å². The van der Waals surface area contributed by atoms with E-state index in [-0.39, 0.29) is 0 Å². The number of hydrogen-bond donors (Lipinski definition) is 0. The zero-order valence-corrected chi connectivity index (χ0v) is 38.5. The highest BCUT2D eigenvalue weighted by molar-refractivity contribution is 7.26. The van der Waals surface area contributed by atoms with Gasteiger partial charge in [0, 0.05) is 58.7 Å². The Bertz CT molecular complexity index is 4620. The van der Waals surface area contributed by atoms with Crippen LogP contribution in [0.2, 0.25) is 0 Å². The summed E-state index contributed by atoms with van der Waals surface area (Å²) in [5, 5.41) is 17.0. The molecule has 15 rings (SSSR count). The van der Waals surface area contributed by atoms with Gasteiger partial charge in [0.25, 0.3) is 0 Å². The Hall–Kier alpha value is -9.03. The topological polar surface area (TPSA) is 43.6 Å². The summed E-state index contributed by atoms with van der Waals surface area (Å²) in [7, 11) is 0. The minimum Gasteiger partial charge on any atom is -0.309 e. The van der Waals surface area contributed by atoms with Crippen molar-refractivity contribution >= 4 is 107 Å². The van der Waals surface area contributed by atoms with Crippen molar-refractivity contribution in [2.75, 3.05) is 0 Å². The molecule has 0 bridgehead atoms. The second-order valence-electron chi connectivity index (χ2n) is 18.2. The SMILES string of the molecule is c1ccc(-c2nc(-c3ccc(-n4c5ccccc5c5cc6ccccc6cc54)cc3-c3cccc4sc5c6ccccc6ccc5c34)nc(-c3cccc4c5ccccc5c5ccccc5c34)n2)cc1. The fourth-order valence-corrected chi connectivity index (χ4v) is 12.5. The molecule has 4 nitrogen and oxygen atoms in total. The number of rotatable bonds is 5. The molecule has 0 aliphatic rings. The van der Waals surface area contributed by atoms with Crippen molar-refractivity contribution in [2.45, 2.75) is 0 Å². The molecule has 0 atom stereocenters. The fourth-order valence-electron chi connectivity index (χ4n) is 11.3. The van der Waals surface area contributed by atoms with E-state index in [4.69, 9.17) is 15.0 Å². The molecule has 0 amide bonds. The second kappa shape index (κ2) is 15.2. The van der Waals surface area contributed by atoms with Gasteiger partial charge < -0.3 is 4.57 Å². The first-order valence-electron chi connectivity index (χ1n) is 23.8. The van der Waals surface area contributed by atoms with Crippen LogP contribution in [0.15, 0.2) is 231 Å². The van der Waals surface area contributed by atoms with Crippen molar-refractivity contribution < 1.29 is 0 Å². The summed E-state index contributed by atoms with van der Waals surface area (Å²) >= 11 is 1.86. The zero-order valence-electron chi connectivity index (χ0n) is 37.6. The lowest BCUT2D eigenvalue weighted by Gasteiger charge is -2.17. The summed E-state index contributed by atoms with van der Waals surface area (Å²) in [6.07, 6.45) is 0. The van der Waals surface area contributed by atoms with E-state index in [1.165, 1.54) is 79.4 Å². The molecule has 0 saturated heterocycles. The van der Waals surface area contributed by atoms with Crippen LogP contribution < -0.4 is 0 Å². The van der Waals surface area contributed by atoms with E-state index >= 15 is 0 Å². The predicted molar refractivity (Wildman–Crippen MR) is 296 cm³/mol. The van der Waals surface area contributed by atoms with Crippen LogP contribution in [0.1, 0.15) is 0 Å². The second-order valence-corrected chi connectivity index (χ2v) is 19.3. The molecule has 12 aromatic carbocycles. The average molecular weight is 907 g/mol. The normalized spacial score (nSPS) is 12.0. The third-order valence-electron chi connectivity index (χ3n) is 14.4. The Morgan fingerprint density at radius 1 is 0.300 bits per heavy atom. The first-order valence-corrected chi connectivity index (χ1v) is 24.6. The number of para-hydroxylation sites is 1. The summed E-state index contributed by atoms with van der Waals surface area (Å²) in [6, 6.07) is 83.4. The Morgan fingerprint density at radius 2 is 0.886 bits per heavy atom. The molecule has 70 heavy (non-hydrogen) atoms. The van der Waals surface area contributed by atoms with E-state index in [2.05, 4.69) is 229 Å². The van der Waals surface area contributed by atoms with E-state index in [1.807, 2.05) is 17.4 Å². The van der Waals surface area contributed by atoms with Gasteiger partial charge in [0.05, 0.1) is 11.0 Å². The number of hydrogen-bond acceptors (Lipinski definition) is 4. The Morgan fingerprint density at radius 3 is 1.67 bits per heavy atom. The number of thiophene rings is 1. The molecule has 3 heterocycles. The van der Waals surface area contributed by atoms with Crippen molar-refractivity contribution in [2.24, 2.45) is 0 Å². The van der Waals surface area contributed by atoms with Crippen molar-refractivity contribution in [1.82, 2.24) is 19.5 Å². The molecule has 0 N–H and O–H groups in total. The highest BCUT2D eigenvalue weighted by atomic mass is 32.1. The van der Waals surface area contributed by atoms with Crippen LogP contribution in [0, 0.1) is 0 Å². The molecular weight excluding hydrogens is 869 g/mol. The number of benzene rings is 12. The van der Waals surface area contributed by atoms with E-state index in [0.717, 1.165) is 49.9 Å². The van der Waals surface area contributed by atoms with Crippen LogP contribution in [-0.2, 0) is 0 Å². The summed E-state index contributed by atoms with van der Waals surface area (Å²) < 4.78 is 4.96. The lowest BCUT2D eigenvalue weighted by Crippen LogP contribution is -2.03. The van der Waals surface area contributed by atoms with Gasteiger partial charge in [-0.15, -0.1) is 11.3 Å². The minimum atomic E-state index is 0.614. The van der Waals surface area contributed by atoms with Gasteiger partial charge in [-0.25, -0.2) is 15.0 Å². The molecule has 0 aliphatic carbocycles. The summed E-state index contributed by atoms with van der Waals surface area (Å²) in [6.45, 7) is 0. The van der Waals surface area contributed by atoms with Crippen LogP contribution >= 0.6 is 11.3 Å². The first-order chi connectivity index (χ1) is 34.7. The lowest BCUT2D eigenvalue weighted by molar-refractivity contribution is 1.08. The molecule has 0 spiro atoms. The number of fused-ring (bicyclic) bond motifs is 15. The van der Waals surface area contributed by atoms with Gasteiger partial charge in [-0.1, -0.05) is 188 Å². The highest BCUT2D eigenvalue weighted by Gasteiger charge is 2.23. The molecule has 0 unspecified atom stereocenters. The van der Waals surface area contributed by atoms with Gasteiger partial charge >= 0.3 is 0 Å². The molecule has 324 valence electrons. The highest BCUT2D eigenvalue weighted by Crippen LogP contribution is 2.47. The Labute approximate surface area is 406 Å². The molecule has 0 fully saturated rings. The van der Waals surface area contributed by atoms with Crippen LogP contribution in [-0.4, -0.2) is 19.5 Å². The van der Waals surface area contributed by atoms with Gasteiger partial charge in [-0.05, 0) is 102 Å². The van der Waals surface area contributed by atoms with Crippen LogP contribution in [0.25, 0.3) is 147 Å². The molecular formula is C65H38N4S. The van der Waals surface area contributed by atoms with Crippen LogP contribution in [0.3, 0.4) is 0 Å². The van der Waals surface area contributed by atoms with Gasteiger partial charge in [0.15, 0.2) is 17.5 Å². The summed E-state index contributed by atoms with van der Waals surface area (Å²) in [5.41, 5.74) is 8.38. The maximum Gasteiger partial charge on any atom is 0.164 e. The molecule has 15 aromatic rings. The Kier molecular flexibility index (Phi) is 8.49. The standard InChI is InChI=1S/C65H38N4S/c1-2-17-40(18-3-1)63-66-64(68-65(67-63)54-29-14-27-50-47-23-9-8-22-45(47)46-24-10-11-26-49(46)60(50)54)52-35-33-43(69-57-30-13-12-25-48(57)56-36-41-19-4-5-20-42(41)37-58(56)69)38-55(52)51-28-15-31-59-61(51)53-34-32-39-16-6-7-21-44(39)62(53)70-59/h1-38H. The lowest BCUT2D eigenvalue weighted by atomic mass is 9.91. The largest absolute Gasteiger partial charge is 0.309 e. The van der Waals surface area contributed by atoms with Crippen molar-refractivity contribution in [3.8, 4) is 51.0 Å². The van der Waals surface area contributed by atoms with Gasteiger partial charge in [0.2, 0.25) is 0 Å². The molecule has 0 aliphatic heterocycles. The van der Waals surface area contributed by atoms with E-state index in [9.17, 15) is 0 Å². The molecule has 0 radical (unpaired) electrons. The minimum absolute atomic E-state index is 0.614. The van der Waals surface area contributed by atoms with Gasteiger partial charge in [-0.3, -0.25) is 0 Å². The fraction of sp³-hybridized carbons (Fsp3) is 0. The molecule has 5 heteroatoms. The molecule has 0 saturated carbocycles. The molecule has 3 aromatic heterocycles. The number of nitrogens with zero attached hydrogens (tertiary/aromatic N) is 4. The summed E-state index contributed by atoms with van der Waals surface area (Å²) in [4.78, 5) is 16.4. The van der Waals surface area contributed by atoms with Crippen molar-refractivity contribution in [3.05, 3.63) is 231 Å². The quantitative estimate of drug-likeness (QED) is 0.162. The third-order valence-corrected chi connectivity index (χ3v) is 15.6. The number of aromatic nitrogens is 4. The van der Waals surface area contributed by atoms with E-state index < -0.39 is 0 Å². The average Bonchev–Trinajstić information content (AvgIpc) is 3.98. The smallest absolute Gasteiger partial charge is 0.164 e. The summed E-state index contributed by atoms with van der Waals surface area (Å²) in [5.74, 6) is 1.87. The van der Waals surface area contributed by atoms with Crippen molar-refractivity contribution in [1.29, 1.82) is 0 Å². The first kappa shape index (κ1) is 39.0. The van der Waals surface area contributed by atoms with Gasteiger partial charge in [-0.2, -0.15) is 0 Å². The Balaban J connectivity index is 1.05. The van der Waals surface area contributed by atoms with Crippen molar-refractivity contribution in [3.63, 3.8) is 0 Å². The van der Waals surface area contributed by atoms with Crippen LogP contribution in [0.4, 0.5) is 0 Å². The van der Waals surface area contributed by atoms with E-state index in [0.29, 0.717) is 17.5 Å². The predicted octanol–water partition coefficient (Wildman–Crippen LogP) is 17.8.